The predicted octanol–water partition coefficient (Wildman–Crippen LogP) is 3.19. The number of sulfonamides is 1. The SMILES string of the molecule is CC(C)C(NS(=O)(=O)c1ccc2[nH]c(=O)[nH]c(=O)c2c1)c1ccc(C(C)(C)C)cc1. The molecule has 1 heterocycles. The Bertz CT molecular complexity index is 1280. The van der Waals surface area contributed by atoms with Gasteiger partial charge in [0.2, 0.25) is 10.0 Å². The summed E-state index contributed by atoms with van der Waals surface area (Å²) in [5.74, 6) is 0.000440. The average molecular weight is 430 g/mol. The Hall–Kier alpha value is -2.71. The van der Waals surface area contributed by atoms with E-state index in [-0.39, 0.29) is 27.1 Å². The normalized spacial score (nSPS) is 13.7. The highest BCUT2D eigenvalue weighted by molar-refractivity contribution is 7.89. The van der Waals surface area contributed by atoms with Crippen molar-refractivity contribution in [3.63, 3.8) is 0 Å². The third-order valence-electron chi connectivity index (χ3n) is 5.11. The van der Waals surface area contributed by atoms with Crippen LogP contribution in [-0.4, -0.2) is 18.4 Å². The maximum absolute atomic E-state index is 13.1. The fraction of sp³-hybridized carbons (Fsp3) is 0.364. The number of nitrogens with one attached hydrogen (secondary N) is 3. The van der Waals surface area contributed by atoms with Gasteiger partial charge in [-0.15, -0.1) is 0 Å². The molecule has 0 saturated heterocycles. The minimum Gasteiger partial charge on any atom is -0.307 e. The first-order chi connectivity index (χ1) is 13.9. The van der Waals surface area contributed by atoms with Crippen LogP contribution in [0, 0.1) is 5.92 Å². The Kier molecular flexibility index (Phi) is 5.75. The van der Waals surface area contributed by atoms with Gasteiger partial charge in [0.1, 0.15) is 0 Å². The van der Waals surface area contributed by atoms with E-state index in [1.165, 1.54) is 23.8 Å². The second kappa shape index (κ2) is 7.85. The van der Waals surface area contributed by atoms with Crippen LogP contribution < -0.4 is 16.0 Å². The molecule has 1 atom stereocenters. The highest BCUT2D eigenvalue weighted by Crippen LogP contribution is 2.28. The van der Waals surface area contributed by atoms with Gasteiger partial charge in [0, 0.05) is 6.04 Å². The highest BCUT2D eigenvalue weighted by atomic mass is 32.2. The lowest BCUT2D eigenvalue weighted by Crippen LogP contribution is -2.32. The largest absolute Gasteiger partial charge is 0.326 e. The van der Waals surface area contributed by atoms with Crippen LogP contribution in [0.1, 0.15) is 51.8 Å². The lowest BCUT2D eigenvalue weighted by atomic mass is 9.85. The maximum atomic E-state index is 13.1. The van der Waals surface area contributed by atoms with Crippen molar-refractivity contribution in [2.45, 2.75) is 51.0 Å². The van der Waals surface area contributed by atoms with Gasteiger partial charge in [0.25, 0.3) is 5.56 Å². The summed E-state index contributed by atoms with van der Waals surface area (Å²) in [4.78, 5) is 28.0. The number of hydrogen-bond acceptors (Lipinski definition) is 4. The molecule has 30 heavy (non-hydrogen) atoms. The molecule has 7 nitrogen and oxygen atoms in total. The maximum Gasteiger partial charge on any atom is 0.326 e. The van der Waals surface area contributed by atoms with Crippen molar-refractivity contribution in [1.29, 1.82) is 0 Å². The van der Waals surface area contributed by atoms with Crippen LogP contribution in [0.4, 0.5) is 0 Å². The summed E-state index contributed by atoms with van der Waals surface area (Å²) in [6.07, 6.45) is 0. The molecule has 8 heteroatoms. The fourth-order valence-electron chi connectivity index (χ4n) is 3.33. The van der Waals surface area contributed by atoms with Crippen molar-refractivity contribution in [2.24, 2.45) is 5.92 Å². The molecule has 0 fully saturated rings. The van der Waals surface area contributed by atoms with Crippen LogP contribution in [0.25, 0.3) is 10.9 Å². The molecule has 0 radical (unpaired) electrons. The molecule has 0 spiro atoms. The number of rotatable bonds is 5. The first-order valence-corrected chi connectivity index (χ1v) is 11.3. The van der Waals surface area contributed by atoms with Crippen LogP contribution in [0.5, 0.6) is 0 Å². The van der Waals surface area contributed by atoms with E-state index in [2.05, 4.69) is 35.5 Å². The number of H-pyrrole nitrogens is 2. The van der Waals surface area contributed by atoms with Gasteiger partial charge >= 0.3 is 5.69 Å². The van der Waals surface area contributed by atoms with E-state index >= 15 is 0 Å². The number of aromatic nitrogens is 2. The molecule has 0 bridgehead atoms. The monoisotopic (exact) mass is 429 g/mol. The minimum absolute atomic E-state index is 0.000440. The zero-order valence-electron chi connectivity index (χ0n) is 17.7. The Morgan fingerprint density at radius 2 is 1.57 bits per heavy atom. The van der Waals surface area contributed by atoms with Gasteiger partial charge in [0.05, 0.1) is 15.8 Å². The highest BCUT2D eigenvalue weighted by Gasteiger charge is 2.25. The lowest BCUT2D eigenvalue weighted by molar-refractivity contribution is 0.462. The molecule has 3 N–H and O–H groups in total. The second-order valence-corrected chi connectivity index (χ2v) is 10.5. The number of aromatic amines is 2. The zero-order chi connectivity index (χ0) is 22.3. The number of benzene rings is 2. The molecule has 3 aromatic rings. The summed E-state index contributed by atoms with van der Waals surface area (Å²) in [5.41, 5.74) is 1.04. The Labute approximate surface area is 175 Å². The van der Waals surface area contributed by atoms with E-state index in [1.807, 2.05) is 38.1 Å². The van der Waals surface area contributed by atoms with Gasteiger partial charge in [-0.3, -0.25) is 9.78 Å². The van der Waals surface area contributed by atoms with E-state index in [4.69, 9.17) is 0 Å². The van der Waals surface area contributed by atoms with Crippen molar-refractivity contribution >= 4 is 20.9 Å². The van der Waals surface area contributed by atoms with Crippen molar-refractivity contribution in [1.82, 2.24) is 14.7 Å². The van der Waals surface area contributed by atoms with E-state index in [0.717, 1.165) is 5.56 Å². The van der Waals surface area contributed by atoms with Crippen molar-refractivity contribution in [3.05, 3.63) is 74.4 Å². The number of hydrogen-bond donors (Lipinski definition) is 3. The van der Waals surface area contributed by atoms with Gasteiger partial charge in [-0.25, -0.2) is 17.9 Å². The van der Waals surface area contributed by atoms with E-state index in [0.29, 0.717) is 0 Å². The van der Waals surface area contributed by atoms with Crippen LogP contribution in [0.3, 0.4) is 0 Å². The van der Waals surface area contributed by atoms with Gasteiger partial charge in [-0.05, 0) is 40.7 Å². The Morgan fingerprint density at radius 1 is 0.933 bits per heavy atom. The molecule has 3 rings (SSSR count). The summed E-state index contributed by atoms with van der Waals surface area (Å²) in [7, 11) is -3.90. The molecule has 0 aliphatic rings. The average Bonchev–Trinajstić information content (AvgIpc) is 2.65. The molecule has 2 aromatic carbocycles. The topological polar surface area (TPSA) is 112 Å². The van der Waals surface area contributed by atoms with Gasteiger partial charge in [-0.1, -0.05) is 58.9 Å². The van der Waals surface area contributed by atoms with Crippen LogP contribution in [0.15, 0.2) is 56.9 Å². The zero-order valence-corrected chi connectivity index (χ0v) is 18.6. The molecule has 0 saturated carbocycles. The predicted molar refractivity (Wildman–Crippen MR) is 118 cm³/mol. The van der Waals surface area contributed by atoms with Crippen LogP contribution in [-0.2, 0) is 15.4 Å². The molecule has 0 amide bonds. The molecule has 1 aromatic heterocycles. The van der Waals surface area contributed by atoms with E-state index < -0.39 is 27.3 Å². The summed E-state index contributed by atoms with van der Waals surface area (Å²) in [5, 5.41) is 0.105. The first kappa shape index (κ1) is 22.0. The van der Waals surface area contributed by atoms with E-state index in [1.54, 1.807) is 0 Å². The molecule has 0 aliphatic heterocycles. The van der Waals surface area contributed by atoms with Crippen molar-refractivity contribution in [2.75, 3.05) is 0 Å². The molecule has 1 unspecified atom stereocenters. The standard InChI is InChI=1S/C22H27N3O4S/c1-13(2)19(14-6-8-15(9-7-14)22(3,4)5)25-30(28,29)16-10-11-18-17(12-16)20(26)24-21(27)23-18/h6-13,19,25H,1-5H3,(H2,23,24,26,27). The van der Waals surface area contributed by atoms with Crippen molar-refractivity contribution < 1.29 is 8.42 Å². The van der Waals surface area contributed by atoms with Gasteiger partial charge < -0.3 is 4.98 Å². The van der Waals surface area contributed by atoms with Crippen LogP contribution in [0.2, 0.25) is 0 Å². The van der Waals surface area contributed by atoms with Crippen molar-refractivity contribution in [3.8, 4) is 0 Å². The quantitative estimate of drug-likeness (QED) is 0.578. The lowest BCUT2D eigenvalue weighted by Gasteiger charge is -2.25. The second-order valence-electron chi connectivity index (χ2n) is 8.83. The third-order valence-corrected chi connectivity index (χ3v) is 6.54. The fourth-order valence-corrected chi connectivity index (χ4v) is 4.72. The molecular weight excluding hydrogens is 402 g/mol. The summed E-state index contributed by atoms with van der Waals surface area (Å²) in [6.45, 7) is 10.3. The van der Waals surface area contributed by atoms with Gasteiger partial charge in [0.15, 0.2) is 0 Å². The molecule has 0 aliphatic carbocycles. The minimum atomic E-state index is -3.90. The molecule has 160 valence electrons. The number of fused-ring (bicyclic) bond motifs is 1. The Balaban J connectivity index is 1.98. The smallest absolute Gasteiger partial charge is 0.307 e. The summed E-state index contributed by atoms with van der Waals surface area (Å²) in [6, 6.07) is 11.6. The van der Waals surface area contributed by atoms with E-state index in [9.17, 15) is 18.0 Å². The third kappa shape index (κ3) is 4.55. The Morgan fingerprint density at radius 3 is 2.13 bits per heavy atom. The summed E-state index contributed by atoms with van der Waals surface area (Å²) >= 11 is 0. The molecular formula is C22H27N3O4S. The first-order valence-electron chi connectivity index (χ1n) is 9.77. The van der Waals surface area contributed by atoms with Gasteiger partial charge in [-0.2, -0.15) is 0 Å². The summed E-state index contributed by atoms with van der Waals surface area (Å²) < 4.78 is 28.9. The van der Waals surface area contributed by atoms with Crippen LogP contribution >= 0.6 is 0 Å².